The zero-order valence-corrected chi connectivity index (χ0v) is 38.8. The summed E-state index contributed by atoms with van der Waals surface area (Å²) in [5.74, 6) is 4.07. The first-order valence-corrected chi connectivity index (χ1v) is 22.3. The van der Waals surface area contributed by atoms with Gasteiger partial charge in [-0.2, -0.15) is 0 Å². The zero-order chi connectivity index (χ0) is 47.9. The Balaban J connectivity index is 1.25. The van der Waals surface area contributed by atoms with Gasteiger partial charge in [-0.3, -0.25) is 29.0 Å². The van der Waals surface area contributed by atoms with Crippen molar-refractivity contribution in [1.29, 1.82) is 0 Å². The van der Waals surface area contributed by atoms with Gasteiger partial charge in [0, 0.05) is 35.9 Å². The quantitative estimate of drug-likeness (QED) is 0.0247. The van der Waals surface area contributed by atoms with E-state index in [0.29, 0.717) is 56.7 Å². The van der Waals surface area contributed by atoms with E-state index in [9.17, 15) is 24.0 Å². The van der Waals surface area contributed by atoms with E-state index in [1.165, 1.54) is 0 Å². The number of amides is 4. The average molecular weight is 926 g/mol. The summed E-state index contributed by atoms with van der Waals surface area (Å²) in [7, 11) is 0. The standard InChI is InChI=1S/C48H61ClN10O7/c1-30(2)41(50)45(61)56-39(13-9-25-53-59(51)65)44(60)54-37-21-16-34(17-22-37)29-66-48(64)52-24-10-26-57(46(62)35-18-14-32(5)15-19-35)42(31(3)4)43-55-40-27-36(49)20-23-38(40)47(63)58(43)28-33-11-7-6-8-12-33/h6-8,11-12,14-23,27,30-31,39,41-42,53,65H,9-10,13,24-26,28-29,50-51H2,1-5H3,(H,52,64)(H,54,60)(H,56,61). The number of nitrogens with two attached hydrogens (primary N) is 2. The molecule has 4 aromatic carbocycles. The van der Waals surface area contributed by atoms with Gasteiger partial charge >= 0.3 is 6.09 Å². The summed E-state index contributed by atoms with van der Waals surface area (Å²) >= 11 is 6.39. The van der Waals surface area contributed by atoms with E-state index in [2.05, 4.69) is 21.4 Å². The van der Waals surface area contributed by atoms with Crippen molar-refractivity contribution < 1.29 is 29.1 Å². The van der Waals surface area contributed by atoms with Crippen molar-refractivity contribution in [3.63, 3.8) is 0 Å². The number of anilines is 1. The number of fused-ring (bicyclic) bond motifs is 1. The number of nitrogens with one attached hydrogen (secondary N) is 4. The van der Waals surface area contributed by atoms with Crippen molar-refractivity contribution in [3.8, 4) is 0 Å². The third-order valence-electron chi connectivity index (χ3n) is 11.0. The molecule has 18 heteroatoms. The van der Waals surface area contributed by atoms with Gasteiger partial charge in [0.2, 0.25) is 11.8 Å². The molecule has 0 saturated heterocycles. The minimum Gasteiger partial charge on any atom is -0.445 e. The van der Waals surface area contributed by atoms with Crippen molar-refractivity contribution in [2.45, 2.75) is 85.2 Å². The van der Waals surface area contributed by atoms with E-state index in [-0.39, 0.29) is 62.5 Å². The molecular weight excluding hydrogens is 864 g/mol. The van der Waals surface area contributed by atoms with Crippen LogP contribution in [0.25, 0.3) is 10.9 Å². The second kappa shape index (κ2) is 24.4. The van der Waals surface area contributed by atoms with Gasteiger partial charge in [-0.25, -0.2) is 21.0 Å². The van der Waals surface area contributed by atoms with E-state index < -0.39 is 36.0 Å². The van der Waals surface area contributed by atoms with Crippen LogP contribution in [-0.2, 0) is 27.5 Å². The van der Waals surface area contributed by atoms with Gasteiger partial charge in [0.25, 0.3) is 11.5 Å². The van der Waals surface area contributed by atoms with Crippen LogP contribution in [-0.4, -0.2) is 80.5 Å². The molecule has 0 spiro atoms. The molecule has 0 radical (unpaired) electrons. The first-order chi connectivity index (χ1) is 31.5. The van der Waals surface area contributed by atoms with Crippen molar-refractivity contribution in [2.24, 2.45) is 23.4 Å². The Morgan fingerprint density at radius 1 is 0.864 bits per heavy atom. The molecule has 5 aromatic rings. The number of alkyl carbamates (subject to hydrolysis) is 1. The number of aromatic nitrogens is 2. The van der Waals surface area contributed by atoms with Crippen molar-refractivity contribution >= 4 is 52.0 Å². The summed E-state index contributed by atoms with van der Waals surface area (Å²) in [6, 6.07) is 26.2. The maximum absolute atomic E-state index is 14.5. The summed E-state index contributed by atoms with van der Waals surface area (Å²) in [4.78, 5) is 74.5. The fourth-order valence-corrected chi connectivity index (χ4v) is 7.44. The number of halogens is 1. The van der Waals surface area contributed by atoms with E-state index in [4.69, 9.17) is 38.1 Å². The molecule has 3 atom stereocenters. The van der Waals surface area contributed by atoms with E-state index in [1.807, 2.05) is 63.2 Å². The monoisotopic (exact) mass is 924 g/mol. The fourth-order valence-electron chi connectivity index (χ4n) is 7.28. The smallest absolute Gasteiger partial charge is 0.407 e. The average Bonchev–Trinajstić information content (AvgIpc) is 3.28. The molecule has 0 bridgehead atoms. The molecule has 0 aliphatic carbocycles. The Bertz CT molecular complexity index is 2470. The second-order valence-corrected chi connectivity index (χ2v) is 17.3. The number of hydrazine groups is 2. The topological polar surface area (TPSA) is 239 Å². The van der Waals surface area contributed by atoms with Crippen LogP contribution >= 0.6 is 11.6 Å². The Labute approximate surface area is 389 Å². The van der Waals surface area contributed by atoms with E-state index in [0.717, 1.165) is 11.1 Å². The lowest BCUT2D eigenvalue weighted by Gasteiger charge is -2.35. The van der Waals surface area contributed by atoms with Crippen LogP contribution in [0.15, 0.2) is 102 Å². The molecule has 0 fully saturated rings. The Hall–Kier alpha value is -6.21. The van der Waals surface area contributed by atoms with Crippen LogP contribution in [0.5, 0.6) is 0 Å². The molecule has 0 saturated carbocycles. The maximum Gasteiger partial charge on any atom is 0.407 e. The highest BCUT2D eigenvalue weighted by Crippen LogP contribution is 2.31. The molecular formula is C48H61ClN10O7. The summed E-state index contributed by atoms with van der Waals surface area (Å²) in [6.45, 7) is 10.3. The third-order valence-corrected chi connectivity index (χ3v) is 11.2. The highest BCUT2D eigenvalue weighted by atomic mass is 35.5. The van der Waals surface area contributed by atoms with Crippen molar-refractivity contribution in [1.82, 2.24) is 35.8 Å². The zero-order valence-electron chi connectivity index (χ0n) is 38.0. The number of rotatable bonds is 22. The lowest BCUT2D eigenvalue weighted by Crippen LogP contribution is -2.51. The molecule has 1 aromatic heterocycles. The van der Waals surface area contributed by atoms with Gasteiger partial charge in [0.15, 0.2) is 0 Å². The number of aryl methyl sites for hydroxylation is 1. The van der Waals surface area contributed by atoms with Crippen LogP contribution in [0.3, 0.4) is 0 Å². The van der Waals surface area contributed by atoms with Crippen LogP contribution < -0.4 is 38.5 Å². The van der Waals surface area contributed by atoms with E-state index >= 15 is 0 Å². The maximum atomic E-state index is 14.5. The summed E-state index contributed by atoms with van der Waals surface area (Å²) < 4.78 is 7.14. The van der Waals surface area contributed by atoms with Crippen LogP contribution in [0.2, 0.25) is 5.02 Å². The molecule has 66 heavy (non-hydrogen) atoms. The number of benzene rings is 4. The van der Waals surface area contributed by atoms with Crippen LogP contribution in [0.1, 0.15) is 85.9 Å². The minimum atomic E-state index is -0.915. The van der Waals surface area contributed by atoms with Gasteiger partial charge in [-0.15, -0.1) is 0 Å². The first kappa shape index (κ1) is 50.8. The molecule has 0 aliphatic heterocycles. The number of carbonyl (C=O) groups is 4. The minimum absolute atomic E-state index is 0.0636. The fraction of sp³-hybridized carbons (Fsp3) is 0.375. The first-order valence-electron chi connectivity index (χ1n) is 22.0. The number of carbonyl (C=O) groups excluding carboxylic acids is 4. The largest absolute Gasteiger partial charge is 0.445 e. The van der Waals surface area contributed by atoms with Crippen LogP contribution in [0.4, 0.5) is 10.5 Å². The predicted molar refractivity (Wildman–Crippen MR) is 254 cm³/mol. The highest BCUT2D eigenvalue weighted by Gasteiger charge is 2.33. The predicted octanol–water partition coefficient (Wildman–Crippen LogP) is 5.82. The molecule has 352 valence electrons. The molecule has 5 rings (SSSR count). The number of hydrogen-bond acceptors (Lipinski definition) is 12. The third kappa shape index (κ3) is 14.4. The van der Waals surface area contributed by atoms with Gasteiger partial charge < -0.3 is 31.3 Å². The van der Waals surface area contributed by atoms with Gasteiger partial charge in [-0.1, -0.05) is 105 Å². The summed E-state index contributed by atoms with van der Waals surface area (Å²) in [5.41, 5.74) is 12.1. The van der Waals surface area contributed by atoms with Gasteiger partial charge in [0.05, 0.1) is 29.5 Å². The Morgan fingerprint density at radius 2 is 1.56 bits per heavy atom. The lowest BCUT2D eigenvalue weighted by atomic mass is 9.98. The van der Waals surface area contributed by atoms with Gasteiger partial charge in [0.1, 0.15) is 18.5 Å². The lowest BCUT2D eigenvalue weighted by molar-refractivity contribution is -0.140. The molecule has 1 heterocycles. The number of hydrogen-bond donors (Lipinski definition) is 7. The number of nitrogens with zero attached hydrogens (tertiary/aromatic N) is 4. The molecule has 0 aliphatic rings. The molecule has 4 amide bonds. The molecule has 17 nitrogen and oxygen atoms in total. The summed E-state index contributed by atoms with van der Waals surface area (Å²) in [5, 5.41) is 18.6. The molecule has 3 unspecified atom stereocenters. The number of ether oxygens (including phenoxy) is 1. The van der Waals surface area contributed by atoms with Crippen molar-refractivity contribution in [2.75, 3.05) is 25.0 Å². The van der Waals surface area contributed by atoms with Crippen molar-refractivity contribution in [3.05, 3.63) is 141 Å². The normalized spacial score (nSPS) is 12.8. The molecule has 9 N–H and O–H groups in total. The second-order valence-electron chi connectivity index (χ2n) is 16.8. The Morgan fingerprint density at radius 3 is 2.21 bits per heavy atom. The Kier molecular flexibility index (Phi) is 18.7. The van der Waals surface area contributed by atoms with Gasteiger partial charge in [-0.05, 0) is 91.6 Å². The highest BCUT2D eigenvalue weighted by molar-refractivity contribution is 6.31. The summed E-state index contributed by atoms with van der Waals surface area (Å²) in [6.07, 6.45) is 0.307. The van der Waals surface area contributed by atoms with E-state index in [1.54, 1.807) is 77.9 Å². The van der Waals surface area contributed by atoms with Crippen LogP contribution in [0, 0.1) is 18.8 Å². The SMILES string of the molecule is Cc1ccc(C(=O)N(CCCNC(=O)OCc2ccc(NC(=O)C(CCCNN(N)O)NC(=O)C(N)C(C)C)cc2)C(c2nc3cc(Cl)ccc3c(=O)n2Cc2ccccc2)C(C)C)cc1.